The summed E-state index contributed by atoms with van der Waals surface area (Å²) in [7, 11) is 0. The molecule has 10 heteroatoms. The number of aromatic nitrogens is 2. The molecule has 1 aromatic carbocycles. The zero-order valence-electron chi connectivity index (χ0n) is 23.2. The van der Waals surface area contributed by atoms with Gasteiger partial charge in [-0.15, -0.1) is 0 Å². The van der Waals surface area contributed by atoms with Crippen molar-refractivity contribution >= 4 is 28.1 Å². The molecule has 3 saturated heterocycles. The fourth-order valence-corrected chi connectivity index (χ4v) is 5.93. The van der Waals surface area contributed by atoms with Gasteiger partial charge in [-0.1, -0.05) is 0 Å². The molecule has 4 atom stereocenters. The predicted molar refractivity (Wildman–Crippen MR) is 151 cm³/mol. The summed E-state index contributed by atoms with van der Waals surface area (Å²) in [4.78, 5) is 16.0. The van der Waals surface area contributed by atoms with E-state index in [9.17, 15) is 9.65 Å². The van der Waals surface area contributed by atoms with Crippen molar-refractivity contribution in [2.45, 2.75) is 31.3 Å². The Morgan fingerprint density at radius 3 is 2.74 bits per heavy atom. The predicted octanol–water partition coefficient (Wildman–Crippen LogP) is 2.64. The second-order valence-electron chi connectivity index (χ2n) is 10.7. The van der Waals surface area contributed by atoms with Crippen LogP contribution in [0, 0.1) is 11.3 Å². The van der Waals surface area contributed by atoms with Gasteiger partial charge in [0.1, 0.15) is 18.1 Å². The average molecular weight is 532 g/mol. The minimum absolute atomic E-state index is 0.0563. The van der Waals surface area contributed by atoms with Crippen LogP contribution in [0.2, 0.25) is 0 Å². The summed E-state index contributed by atoms with van der Waals surface area (Å²) >= 11 is 0. The van der Waals surface area contributed by atoms with Crippen molar-refractivity contribution in [2.75, 3.05) is 74.0 Å². The largest absolute Gasteiger partial charge is 0.370 e. The molecule has 0 aliphatic carbocycles. The van der Waals surface area contributed by atoms with Crippen molar-refractivity contribution in [3.8, 4) is 6.07 Å². The second-order valence-corrected chi connectivity index (χ2v) is 10.7. The lowest BCUT2D eigenvalue weighted by Gasteiger charge is -2.42. The van der Waals surface area contributed by atoms with Gasteiger partial charge in [-0.2, -0.15) is 5.26 Å². The Balaban J connectivity index is 1.06. The molecule has 3 aliphatic heterocycles. The van der Waals surface area contributed by atoms with Crippen molar-refractivity contribution < 1.29 is 10.5 Å². The number of ether oxygens (including phenoxy) is 1. The Labute approximate surface area is 230 Å². The molecule has 0 radical (unpaired) electrons. The molecule has 2 N–H and O–H groups in total. The number of anilines is 3. The van der Waals surface area contributed by atoms with Gasteiger partial charge < -0.3 is 25.2 Å². The highest BCUT2D eigenvalue weighted by Crippen LogP contribution is 2.30. The molecule has 3 aromatic rings. The smallest absolute Gasteiger partial charge is 0.134 e. The molecular weight excluding hydrogens is 495 g/mol. The van der Waals surface area contributed by atoms with Gasteiger partial charge in [0.15, 0.2) is 0 Å². The number of pyridine rings is 2. The molecule has 0 amide bonds. The number of nitriles is 1. The number of morpholine rings is 1. The SMILES string of the molecule is [2H]c1ccc2c(N3C[C@H](CN4CCN(c5ccc(N[C@H]6CNC[C@H]6F)nc5)CC4)O[C@H](C)C3)ccc(C#N)c2n1. The maximum atomic E-state index is 13.9. The number of fused-ring (bicyclic) bond motifs is 1. The van der Waals surface area contributed by atoms with Crippen molar-refractivity contribution in [1.29, 1.82) is 5.26 Å². The van der Waals surface area contributed by atoms with Crippen molar-refractivity contribution in [2.24, 2.45) is 0 Å². The number of rotatable bonds is 6. The minimum Gasteiger partial charge on any atom is -0.370 e. The highest BCUT2D eigenvalue weighted by atomic mass is 19.1. The van der Waals surface area contributed by atoms with Crippen LogP contribution in [0.1, 0.15) is 13.9 Å². The monoisotopic (exact) mass is 531 g/mol. The maximum Gasteiger partial charge on any atom is 0.134 e. The van der Waals surface area contributed by atoms with E-state index >= 15 is 0 Å². The van der Waals surface area contributed by atoms with E-state index in [1.54, 1.807) is 12.1 Å². The Hall–Kier alpha value is -3.52. The Bertz CT molecular complexity index is 1380. The summed E-state index contributed by atoms with van der Waals surface area (Å²) in [6.07, 6.45) is 1.27. The van der Waals surface area contributed by atoms with Crippen LogP contribution in [-0.2, 0) is 4.74 Å². The molecule has 204 valence electrons. The molecule has 0 unspecified atom stereocenters. The third-order valence-electron chi connectivity index (χ3n) is 7.90. The zero-order chi connectivity index (χ0) is 27.6. The lowest BCUT2D eigenvalue weighted by Crippen LogP contribution is -2.54. The van der Waals surface area contributed by atoms with Gasteiger partial charge in [-0.3, -0.25) is 9.88 Å². The first-order chi connectivity index (χ1) is 19.5. The Morgan fingerprint density at radius 2 is 2.00 bits per heavy atom. The summed E-state index contributed by atoms with van der Waals surface area (Å²) in [6.45, 7) is 9.13. The Kier molecular flexibility index (Phi) is 7.10. The van der Waals surface area contributed by atoms with Crippen LogP contribution in [0.3, 0.4) is 0 Å². The van der Waals surface area contributed by atoms with Crippen molar-refractivity contribution in [3.63, 3.8) is 0 Å². The number of halogens is 1. The molecule has 5 heterocycles. The molecule has 39 heavy (non-hydrogen) atoms. The van der Waals surface area contributed by atoms with E-state index < -0.39 is 6.17 Å². The van der Waals surface area contributed by atoms with E-state index in [2.05, 4.69) is 54.4 Å². The summed E-state index contributed by atoms with van der Waals surface area (Å²) in [5.74, 6) is 0.706. The molecule has 0 saturated carbocycles. The van der Waals surface area contributed by atoms with Gasteiger partial charge in [0, 0.05) is 76.1 Å². The molecule has 9 nitrogen and oxygen atoms in total. The topological polar surface area (TPSA) is 92.6 Å². The minimum atomic E-state index is -0.893. The number of benzene rings is 1. The first-order valence-electron chi connectivity index (χ1n) is 14.2. The van der Waals surface area contributed by atoms with Gasteiger partial charge in [0.05, 0.1) is 42.6 Å². The molecule has 6 rings (SSSR count). The van der Waals surface area contributed by atoms with Crippen LogP contribution < -0.4 is 20.4 Å². The highest BCUT2D eigenvalue weighted by Gasteiger charge is 2.30. The zero-order valence-corrected chi connectivity index (χ0v) is 22.2. The van der Waals surface area contributed by atoms with Gasteiger partial charge >= 0.3 is 0 Å². The first-order valence-corrected chi connectivity index (χ1v) is 13.7. The normalized spacial score (nSPS) is 26.4. The highest BCUT2D eigenvalue weighted by molar-refractivity contribution is 5.95. The summed E-state index contributed by atoms with van der Waals surface area (Å²) in [5, 5.41) is 16.7. The van der Waals surface area contributed by atoms with Crippen LogP contribution >= 0.6 is 0 Å². The van der Waals surface area contributed by atoms with E-state index in [0.717, 1.165) is 62.6 Å². The fourth-order valence-electron chi connectivity index (χ4n) is 5.93. The number of nitrogens with zero attached hydrogens (tertiary/aromatic N) is 6. The van der Waals surface area contributed by atoms with E-state index in [1.165, 1.54) is 0 Å². The first kappa shape index (κ1) is 24.5. The number of hydrogen-bond acceptors (Lipinski definition) is 9. The summed E-state index contributed by atoms with van der Waals surface area (Å²) in [6, 6.07) is 13.4. The van der Waals surface area contributed by atoms with Crippen LogP contribution in [0.5, 0.6) is 0 Å². The quantitative estimate of drug-likeness (QED) is 0.498. The lowest BCUT2D eigenvalue weighted by atomic mass is 10.1. The van der Waals surface area contributed by atoms with Crippen LogP contribution in [-0.4, -0.2) is 98.2 Å². The van der Waals surface area contributed by atoms with E-state index in [4.69, 9.17) is 6.11 Å². The fraction of sp³-hybridized carbons (Fsp3) is 0.483. The number of piperazine rings is 1. The van der Waals surface area contributed by atoms with Gasteiger partial charge in [0.25, 0.3) is 0 Å². The van der Waals surface area contributed by atoms with E-state index in [-0.39, 0.29) is 24.4 Å². The standard InChI is InChI=1S/C29H35FN8O/c1-20-17-38(27-6-4-21(13-31)29-24(27)3-2-8-33-29)19-23(39-20)18-36-9-11-37(12-10-36)22-5-7-28(34-14-22)35-26-16-32-15-25(26)30/h2-8,14,20,23,25-26,32H,9-12,15-19H2,1H3,(H,34,35)/t20-,23+,25-,26+/m1/s1/i8D. The number of alkyl halides is 1. The maximum absolute atomic E-state index is 13.9. The van der Waals surface area contributed by atoms with Gasteiger partial charge in [0.2, 0.25) is 0 Å². The van der Waals surface area contributed by atoms with E-state index in [1.807, 2.05) is 24.4 Å². The van der Waals surface area contributed by atoms with Crippen molar-refractivity contribution in [1.82, 2.24) is 20.2 Å². The molecule has 0 bridgehead atoms. The average Bonchev–Trinajstić information content (AvgIpc) is 3.36. The van der Waals surface area contributed by atoms with Crippen molar-refractivity contribution in [3.05, 3.63) is 54.3 Å². The second kappa shape index (κ2) is 11.3. The molecule has 2 aromatic heterocycles. The van der Waals surface area contributed by atoms with Gasteiger partial charge in [-0.05, 0) is 43.3 Å². The van der Waals surface area contributed by atoms with Crippen LogP contribution in [0.4, 0.5) is 21.6 Å². The number of hydrogen-bond donors (Lipinski definition) is 2. The molecular formula is C29H35FN8O. The molecule has 3 fully saturated rings. The van der Waals surface area contributed by atoms with Crippen LogP contribution in [0.15, 0.2) is 48.8 Å². The molecule has 0 spiro atoms. The number of nitrogens with one attached hydrogen (secondary N) is 2. The third kappa shape index (κ3) is 5.62. The van der Waals surface area contributed by atoms with Crippen LogP contribution in [0.25, 0.3) is 10.9 Å². The molecule has 3 aliphatic rings. The summed E-state index contributed by atoms with van der Waals surface area (Å²) in [5.41, 5.74) is 3.18. The lowest BCUT2D eigenvalue weighted by molar-refractivity contribution is -0.0327. The Morgan fingerprint density at radius 1 is 1.13 bits per heavy atom. The summed E-state index contributed by atoms with van der Waals surface area (Å²) < 4.78 is 28.2. The van der Waals surface area contributed by atoms with Gasteiger partial charge in [-0.25, -0.2) is 9.37 Å². The third-order valence-corrected chi connectivity index (χ3v) is 7.90. The van der Waals surface area contributed by atoms with E-state index in [0.29, 0.717) is 30.0 Å².